The first kappa shape index (κ1) is 16.1. The molecule has 3 nitrogen and oxygen atoms in total. The highest BCUT2D eigenvalue weighted by Gasteiger charge is 2.09. The summed E-state index contributed by atoms with van der Waals surface area (Å²) in [5.41, 5.74) is 7.40. The van der Waals surface area contributed by atoms with E-state index < -0.39 is 0 Å². The molecule has 0 amide bonds. The molecule has 0 radical (unpaired) electrons. The third-order valence-electron chi connectivity index (χ3n) is 3.61. The zero-order chi connectivity index (χ0) is 16.6. The second-order valence-electron chi connectivity index (χ2n) is 5.62. The maximum Gasteiger partial charge on any atom is 0.169 e. The molecule has 0 fully saturated rings. The van der Waals surface area contributed by atoms with Crippen LogP contribution in [0.2, 0.25) is 0 Å². The molecule has 0 heterocycles. The number of hydrogen-bond donors (Lipinski definition) is 1. The third kappa shape index (κ3) is 4.61. The van der Waals surface area contributed by atoms with Crippen LogP contribution in [0.15, 0.2) is 84.9 Å². The van der Waals surface area contributed by atoms with E-state index in [4.69, 9.17) is 15.2 Å². The third-order valence-corrected chi connectivity index (χ3v) is 3.61. The van der Waals surface area contributed by atoms with Crippen LogP contribution in [-0.4, -0.2) is 12.6 Å². The van der Waals surface area contributed by atoms with Crippen molar-refractivity contribution in [3.63, 3.8) is 0 Å². The first-order valence-corrected chi connectivity index (χ1v) is 8.05. The first-order valence-electron chi connectivity index (χ1n) is 8.05. The van der Waals surface area contributed by atoms with Crippen molar-refractivity contribution in [2.75, 3.05) is 6.61 Å². The molecule has 0 aliphatic rings. The maximum atomic E-state index is 6.19. The number of hydrogen-bond acceptors (Lipinski definition) is 3. The fraction of sp³-hybridized carbons (Fsp3) is 0.143. The van der Waals surface area contributed by atoms with Gasteiger partial charge in [-0.3, -0.25) is 0 Å². The highest BCUT2D eigenvalue weighted by atomic mass is 16.5. The zero-order valence-corrected chi connectivity index (χ0v) is 13.5. The Morgan fingerprint density at radius 2 is 1.29 bits per heavy atom. The molecule has 3 aromatic rings. The molecule has 3 heteroatoms. The number of rotatable bonds is 7. The molecular formula is C21H21NO2. The molecule has 2 N–H and O–H groups in total. The van der Waals surface area contributed by atoms with Gasteiger partial charge in [0, 0.05) is 6.04 Å². The van der Waals surface area contributed by atoms with Gasteiger partial charge in [0.15, 0.2) is 11.5 Å². The molecule has 1 atom stereocenters. The van der Waals surface area contributed by atoms with E-state index in [0.29, 0.717) is 18.1 Å². The van der Waals surface area contributed by atoms with Gasteiger partial charge in [-0.2, -0.15) is 0 Å². The Balaban J connectivity index is 1.61. The molecule has 3 aromatic carbocycles. The monoisotopic (exact) mass is 319 g/mol. The SMILES string of the molecule is N[C@@H](COc1ccccc1Oc1ccccc1)Cc1ccccc1. The minimum absolute atomic E-state index is 0.0721. The molecular weight excluding hydrogens is 298 g/mol. The van der Waals surface area contributed by atoms with Crippen LogP contribution in [0.4, 0.5) is 0 Å². The smallest absolute Gasteiger partial charge is 0.169 e. The largest absolute Gasteiger partial charge is 0.488 e. The van der Waals surface area contributed by atoms with Crippen molar-refractivity contribution in [1.29, 1.82) is 0 Å². The Morgan fingerprint density at radius 1 is 0.708 bits per heavy atom. The summed E-state index contributed by atoms with van der Waals surface area (Å²) in [6, 6.07) is 27.4. The summed E-state index contributed by atoms with van der Waals surface area (Å²) in [4.78, 5) is 0. The van der Waals surface area contributed by atoms with Gasteiger partial charge in [-0.05, 0) is 36.2 Å². The predicted octanol–water partition coefficient (Wildman–Crippen LogP) is 4.43. The average Bonchev–Trinajstić information content (AvgIpc) is 2.63. The quantitative estimate of drug-likeness (QED) is 0.701. The number of para-hydroxylation sites is 3. The molecule has 0 aliphatic heterocycles. The first-order chi connectivity index (χ1) is 11.8. The molecule has 0 spiro atoms. The lowest BCUT2D eigenvalue weighted by molar-refractivity contribution is 0.276. The van der Waals surface area contributed by atoms with Crippen molar-refractivity contribution in [3.8, 4) is 17.2 Å². The normalized spacial score (nSPS) is 11.7. The lowest BCUT2D eigenvalue weighted by Gasteiger charge is -2.16. The molecule has 0 aromatic heterocycles. The molecule has 0 bridgehead atoms. The van der Waals surface area contributed by atoms with Gasteiger partial charge in [-0.15, -0.1) is 0 Å². The average molecular weight is 319 g/mol. The molecule has 0 aliphatic carbocycles. The summed E-state index contributed by atoms with van der Waals surface area (Å²) in [6.45, 7) is 0.435. The highest BCUT2D eigenvalue weighted by Crippen LogP contribution is 2.31. The molecule has 3 rings (SSSR count). The molecule has 24 heavy (non-hydrogen) atoms. The summed E-state index contributed by atoms with van der Waals surface area (Å²) in [5.74, 6) is 2.17. The van der Waals surface area contributed by atoms with E-state index in [9.17, 15) is 0 Å². The Bertz CT molecular complexity index is 744. The number of nitrogens with two attached hydrogens (primary N) is 1. The van der Waals surface area contributed by atoms with Crippen molar-refractivity contribution in [1.82, 2.24) is 0 Å². The van der Waals surface area contributed by atoms with Crippen LogP contribution in [-0.2, 0) is 6.42 Å². The van der Waals surface area contributed by atoms with Crippen LogP contribution in [0, 0.1) is 0 Å². The van der Waals surface area contributed by atoms with E-state index >= 15 is 0 Å². The van der Waals surface area contributed by atoms with Crippen molar-refractivity contribution in [3.05, 3.63) is 90.5 Å². The van der Waals surface area contributed by atoms with Crippen molar-refractivity contribution in [2.24, 2.45) is 5.73 Å². The molecule has 0 saturated carbocycles. The van der Waals surface area contributed by atoms with Gasteiger partial charge >= 0.3 is 0 Å². The van der Waals surface area contributed by atoms with Crippen LogP contribution in [0.1, 0.15) is 5.56 Å². The standard InChI is InChI=1S/C21H21NO2/c22-18(15-17-9-3-1-4-10-17)16-23-20-13-7-8-14-21(20)24-19-11-5-2-6-12-19/h1-14,18H,15-16,22H2/t18-/m1/s1. The molecule has 0 saturated heterocycles. The topological polar surface area (TPSA) is 44.5 Å². The van der Waals surface area contributed by atoms with Crippen LogP contribution in [0.3, 0.4) is 0 Å². The van der Waals surface area contributed by atoms with E-state index in [1.807, 2.05) is 72.8 Å². The van der Waals surface area contributed by atoms with Gasteiger partial charge in [-0.25, -0.2) is 0 Å². The fourth-order valence-corrected chi connectivity index (χ4v) is 2.44. The summed E-state index contributed by atoms with van der Waals surface area (Å²) >= 11 is 0. The second-order valence-corrected chi connectivity index (χ2v) is 5.62. The lowest BCUT2D eigenvalue weighted by Crippen LogP contribution is -2.30. The van der Waals surface area contributed by atoms with Gasteiger partial charge < -0.3 is 15.2 Å². The Labute approximate surface area is 142 Å². The van der Waals surface area contributed by atoms with E-state index in [2.05, 4.69) is 12.1 Å². The minimum atomic E-state index is -0.0721. The Hall–Kier alpha value is -2.78. The second kappa shape index (κ2) is 8.18. The van der Waals surface area contributed by atoms with Crippen LogP contribution >= 0.6 is 0 Å². The van der Waals surface area contributed by atoms with Gasteiger partial charge in [0.05, 0.1) is 0 Å². The van der Waals surface area contributed by atoms with Crippen LogP contribution in [0.25, 0.3) is 0 Å². The summed E-state index contributed by atoms with van der Waals surface area (Å²) in [6.07, 6.45) is 0.780. The number of ether oxygens (including phenoxy) is 2. The van der Waals surface area contributed by atoms with Gasteiger partial charge in [0.2, 0.25) is 0 Å². The van der Waals surface area contributed by atoms with Gasteiger partial charge in [-0.1, -0.05) is 60.7 Å². The lowest BCUT2D eigenvalue weighted by atomic mass is 10.1. The van der Waals surface area contributed by atoms with E-state index in [1.165, 1.54) is 5.56 Å². The zero-order valence-electron chi connectivity index (χ0n) is 13.5. The van der Waals surface area contributed by atoms with Crippen LogP contribution < -0.4 is 15.2 Å². The van der Waals surface area contributed by atoms with Gasteiger partial charge in [0.1, 0.15) is 12.4 Å². The highest BCUT2D eigenvalue weighted by molar-refractivity contribution is 5.42. The summed E-state index contributed by atoms with van der Waals surface area (Å²) in [5, 5.41) is 0. The fourth-order valence-electron chi connectivity index (χ4n) is 2.44. The van der Waals surface area contributed by atoms with Crippen molar-refractivity contribution < 1.29 is 9.47 Å². The Morgan fingerprint density at radius 3 is 2.00 bits per heavy atom. The van der Waals surface area contributed by atoms with Gasteiger partial charge in [0.25, 0.3) is 0 Å². The molecule has 122 valence electrons. The predicted molar refractivity (Wildman–Crippen MR) is 96.6 cm³/mol. The van der Waals surface area contributed by atoms with E-state index in [1.54, 1.807) is 0 Å². The van der Waals surface area contributed by atoms with Crippen molar-refractivity contribution in [2.45, 2.75) is 12.5 Å². The summed E-state index contributed by atoms with van der Waals surface area (Å²) < 4.78 is 11.8. The van der Waals surface area contributed by atoms with Crippen molar-refractivity contribution >= 4 is 0 Å². The number of benzene rings is 3. The molecule has 0 unspecified atom stereocenters. The summed E-state index contributed by atoms with van der Waals surface area (Å²) in [7, 11) is 0. The van der Waals surface area contributed by atoms with E-state index in [-0.39, 0.29) is 6.04 Å². The van der Waals surface area contributed by atoms with E-state index in [0.717, 1.165) is 12.2 Å². The van der Waals surface area contributed by atoms with Crippen LogP contribution in [0.5, 0.6) is 17.2 Å². The minimum Gasteiger partial charge on any atom is -0.488 e. The Kier molecular flexibility index (Phi) is 5.48. The maximum absolute atomic E-state index is 6.19.